The van der Waals surface area contributed by atoms with Crippen LogP contribution in [0.1, 0.15) is 33.4 Å². The Morgan fingerprint density at radius 1 is 1.12 bits per heavy atom. The zero-order chi connectivity index (χ0) is 16.9. The quantitative estimate of drug-likeness (QED) is 0.706. The van der Waals surface area contributed by atoms with Gasteiger partial charge in [-0.05, 0) is 48.2 Å². The van der Waals surface area contributed by atoms with E-state index in [-0.39, 0.29) is 0 Å². The van der Waals surface area contributed by atoms with Gasteiger partial charge in [0.2, 0.25) is 0 Å². The van der Waals surface area contributed by atoms with Crippen LogP contribution >= 0.6 is 11.3 Å². The van der Waals surface area contributed by atoms with E-state index in [0.29, 0.717) is 22.1 Å². The van der Waals surface area contributed by atoms with Gasteiger partial charge in [0, 0.05) is 18.1 Å². The summed E-state index contributed by atoms with van der Waals surface area (Å²) in [7, 11) is 0. The van der Waals surface area contributed by atoms with Gasteiger partial charge in [0.1, 0.15) is 4.88 Å². The van der Waals surface area contributed by atoms with Gasteiger partial charge in [-0.2, -0.15) is 0 Å². The smallest absolute Gasteiger partial charge is 0.347 e. The van der Waals surface area contributed by atoms with E-state index < -0.39 is 5.97 Å². The summed E-state index contributed by atoms with van der Waals surface area (Å²) in [5, 5.41) is 13.0. The standard InChI is InChI=1S/C18H17N3O2S/c1-2-15-16(17(22)23)24-18(21-15)20-14-5-3-12(4-6-14)11-13-7-9-19-10-8-13/h3-10H,2,11H2,1H3,(H,20,21)(H,22,23). The SMILES string of the molecule is CCc1nc(Nc2ccc(Cc3ccncc3)cc2)sc1C(=O)O. The molecule has 24 heavy (non-hydrogen) atoms. The summed E-state index contributed by atoms with van der Waals surface area (Å²) in [6.45, 7) is 1.90. The van der Waals surface area contributed by atoms with Gasteiger partial charge in [-0.3, -0.25) is 4.98 Å². The lowest BCUT2D eigenvalue weighted by Gasteiger charge is -2.05. The minimum atomic E-state index is -0.926. The first-order valence-electron chi connectivity index (χ1n) is 7.63. The number of thiazole rings is 1. The highest BCUT2D eigenvalue weighted by Crippen LogP contribution is 2.27. The summed E-state index contributed by atoms with van der Waals surface area (Å²) < 4.78 is 0. The van der Waals surface area contributed by atoms with Gasteiger partial charge in [-0.15, -0.1) is 0 Å². The van der Waals surface area contributed by atoms with Crippen LogP contribution in [0.25, 0.3) is 0 Å². The molecule has 0 bridgehead atoms. The van der Waals surface area contributed by atoms with Crippen molar-refractivity contribution in [2.24, 2.45) is 0 Å². The second kappa shape index (κ2) is 7.23. The monoisotopic (exact) mass is 339 g/mol. The molecule has 0 aliphatic heterocycles. The number of anilines is 2. The lowest BCUT2D eigenvalue weighted by atomic mass is 10.1. The van der Waals surface area contributed by atoms with Crippen LogP contribution in [0.15, 0.2) is 48.8 Å². The number of rotatable bonds is 6. The number of carbonyl (C=O) groups is 1. The molecule has 0 spiro atoms. The normalized spacial score (nSPS) is 10.5. The van der Waals surface area contributed by atoms with E-state index in [1.54, 1.807) is 12.4 Å². The molecule has 0 unspecified atom stereocenters. The summed E-state index contributed by atoms with van der Waals surface area (Å²) in [5.74, 6) is -0.926. The Balaban J connectivity index is 1.71. The van der Waals surface area contributed by atoms with E-state index in [0.717, 1.165) is 12.1 Å². The van der Waals surface area contributed by atoms with E-state index in [9.17, 15) is 9.90 Å². The number of aryl methyl sites for hydroxylation is 1. The van der Waals surface area contributed by atoms with E-state index >= 15 is 0 Å². The van der Waals surface area contributed by atoms with Crippen LogP contribution in [0.3, 0.4) is 0 Å². The van der Waals surface area contributed by atoms with Gasteiger partial charge in [0.15, 0.2) is 5.13 Å². The summed E-state index contributed by atoms with van der Waals surface area (Å²) >= 11 is 1.17. The molecule has 2 aromatic heterocycles. The molecule has 0 fully saturated rings. The lowest BCUT2D eigenvalue weighted by Crippen LogP contribution is -1.97. The van der Waals surface area contributed by atoms with E-state index in [1.165, 1.54) is 22.5 Å². The first-order chi connectivity index (χ1) is 11.7. The maximum absolute atomic E-state index is 11.2. The van der Waals surface area contributed by atoms with Crippen molar-refractivity contribution in [1.82, 2.24) is 9.97 Å². The predicted molar refractivity (Wildman–Crippen MR) is 95.2 cm³/mol. The maximum Gasteiger partial charge on any atom is 0.347 e. The molecule has 5 nitrogen and oxygen atoms in total. The number of hydrogen-bond acceptors (Lipinski definition) is 5. The summed E-state index contributed by atoms with van der Waals surface area (Å²) in [6, 6.07) is 12.1. The van der Waals surface area contributed by atoms with E-state index in [1.807, 2.05) is 31.2 Å². The molecular weight excluding hydrogens is 322 g/mol. The van der Waals surface area contributed by atoms with Crippen molar-refractivity contribution in [1.29, 1.82) is 0 Å². The summed E-state index contributed by atoms with van der Waals surface area (Å²) in [4.78, 5) is 19.9. The number of benzene rings is 1. The summed E-state index contributed by atoms with van der Waals surface area (Å²) in [5.41, 5.74) is 3.92. The van der Waals surface area contributed by atoms with Crippen molar-refractivity contribution >= 4 is 28.1 Å². The molecule has 2 heterocycles. The van der Waals surface area contributed by atoms with Gasteiger partial charge in [0.25, 0.3) is 0 Å². The molecule has 0 atom stereocenters. The number of aromatic nitrogens is 2. The third-order valence-corrected chi connectivity index (χ3v) is 4.59. The second-order valence-corrected chi connectivity index (χ2v) is 6.31. The molecule has 0 aliphatic rings. The molecule has 0 radical (unpaired) electrons. The third kappa shape index (κ3) is 3.78. The zero-order valence-corrected chi connectivity index (χ0v) is 14.0. The second-order valence-electron chi connectivity index (χ2n) is 5.31. The minimum Gasteiger partial charge on any atom is -0.477 e. The van der Waals surface area contributed by atoms with Gasteiger partial charge in [-0.1, -0.05) is 30.4 Å². The number of pyridine rings is 1. The number of hydrogen-bond donors (Lipinski definition) is 2. The molecular formula is C18H17N3O2S. The minimum absolute atomic E-state index is 0.300. The number of carboxylic acids is 1. The molecule has 0 aliphatic carbocycles. The Morgan fingerprint density at radius 2 is 1.79 bits per heavy atom. The molecule has 122 valence electrons. The van der Waals surface area contributed by atoms with Crippen molar-refractivity contribution in [3.8, 4) is 0 Å². The van der Waals surface area contributed by atoms with Crippen LogP contribution in [-0.4, -0.2) is 21.0 Å². The fourth-order valence-corrected chi connectivity index (χ4v) is 3.29. The molecule has 3 aromatic rings. The Labute approximate surface area is 144 Å². The topological polar surface area (TPSA) is 75.1 Å². The highest BCUT2D eigenvalue weighted by molar-refractivity contribution is 7.17. The molecule has 6 heteroatoms. The summed E-state index contributed by atoms with van der Waals surface area (Å²) in [6.07, 6.45) is 5.03. The first-order valence-corrected chi connectivity index (χ1v) is 8.45. The Hall–Kier alpha value is -2.73. The lowest BCUT2D eigenvalue weighted by molar-refractivity contribution is 0.0701. The van der Waals surface area contributed by atoms with Crippen LogP contribution in [-0.2, 0) is 12.8 Å². The zero-order valence-electron chi connectivity index (χ0n) is 13.2. The van der Waals surface area contributed by atoms with E-state index in [2.05, 4.69) is 27.4 Å². The molecule has 0 saturated carbocycles. The van der Waals surface area contributed by atoms with Gasteiger partial charge in [-0.25, -0.2) is 9.78 Å². The van der Waals surface area contributed by atoms with Crippen LogP contribution in [0.4, 0.5) is 10.8 Å². The first kappa shape index (κ1) is 16.1. The fourth-order valence-electron chi connectivity index (χ4n) is 2.38. The number of carboxylic acid groups (broad SMARTS) is 1. The van der Waals surface area contributed by atoms with Crippen molar-refractivity contribution in [2.45, 2.75) is 19.8 Å². The number of nitrogens with one attached hydrogen (secondary N) is 1. The molecule has 1 aromatic carbocycles. The Morgan fingerprint density at radius 3 is 2.38 bits per heavy atom. The van der Waals surface area contributed by atoms with Crippen molar-refractivity contribution < 1.29 is 9.90 Å². The average molecular weight is 339 g/mol. The molecule has 0 saturated heterocycles. The van der Waals surface area contributed by atoms with E-state index in [4.69, 9.17) is 0 Å². The molecule has 3 rings (SSSR count). The van der Waals surface area contributed by atoms with Crippen molar-refractivity contribution in [3.63, 3.8) is 0 Å². The van der Waals surface area contributed by atoms with Gasteiger partial charge in [0.05, 0.1) is 5.69 Å². The fraction of sp³-hybridized carbons (Fsp3) is 0.167. The van der Waals surface area contributed by atoms with Crippen molar-refractivity contribution in [3.05, 3.63) is 70.5 Å². The Bertz CT molecular complexity index is 829. The van der Waals surface area contributed by atoms with Crippen LogP contribution in [0, 0.1) is 0 Å². The number of aromatic carboxylic acids is 1. The van der Waals surface area contributed by atoms with Crippen LogP contribution in [0.2, 0.25) is 0 Å². The largest absolute Gasteiger partial charge is 0.477 e. The maximum atomic E-state index is 11.2. The van der Waals surface area contributed by atoms with Crippen LogP contribution < -0.4 is 5.32 Å². The highest BCUT2D eigenvalue weighted by atomic mass is 32.1. The average Bonchev–Trinajstić information content (AvgIpc) is 3.01. The highest BCUT2D eigenvalue weighted by Gasteiger charge is 2.15. The van der Waals surface area contributed by atoms with Crippen molar-refractivity contribution in [2.75, 3.05) is 5.32 Å². The molecule has 2 N–H and O–H groups in total. The Kier molecular flexibility index (Phi) is 4.86. The molecule has 0 amide bonds. The predicted octanol–water partition coefficient (Wildman–Crippen LogP) is 4.13. The van der Waals surface area contributed by atoms with Gasteiger partial charge < -0.3 is 10.4 Å². The van der Waals surface area contributed by atoms with Crippen LogP contribution in [0.5, 0.6) is 0 Å². The third-order valence-electron chi connectivity index (χ3n) is 3.59. The van der Waals surface area contributed by atoms with Gasteiger partial charge >= 0.3 is 5.97 Å². The number of nitrogens with zero attached hydrogens (tertiary/aromatic N) is 2.